The van der Waals surface area contributed by atoms with E-state index in [1.165, 1.54) is 43.7 Å². The minimum absolute atomic E-state index is 0.850. The predicted molar refractivity (Wildman–Crippen MR) is 184 cm³/mol. The molecule has 0 saturated carbocycles. The van der Waals surface area contributed by atoms with Gasteiger partial charge in [0.2, 0.25) is 0 Å². The van der Waals surface area contributed by atoms with Gasteiger partial charge in [-0.3, -0.25) is 4.57 Å². The molecule has 0 saturated heterocycles. The van der Waals surface area contributed by atoms with E-state index >= 15 is 0 Å². The third-order valence-electron chi connectivity index (χ3n) is 8.48. The molecule has 0 amide bonds. The molecular weight excluding hydrogens is 522 g/mol. The van der Waals surface area contributed by atoms with Crippen LogP contribution < -0.4 is 0 Å². The summed E-state index contributed by atoms with van der Waals surface area (Å²) in [5.41, 5.74) is 9.18. The molecule has 0 atom stereocenters. The topological polar surface area (TPSA) is 22.2 Å². The number of para-hydroxylation sites is 2. The van der Waals surface area contributed by atoms with Gasteiger partial charge in [-0.1, -0.05) is 97.1 Å². The van der Waals surface area contributed by atoms with Gasteiger partial charge in [-0.25, -0.2) is 4.99 Å². The molecule has 0 radical (unpaired) electrons. The highest BCUT2D eigenvalue weighted by Crippen LogP contribution is 2.42. The quantitative estimate of drug-likeness (QED) is 0.190. The lowest BCUT2D eigenvalue weighted by Gasteiger charge is -2.11. The van der Waals surface area contributed by atoms with Gasteiger partial charge in [-0.05, 0) is 84.1 Å². The number of hydrogen-bond donors (Lipinski definition) is 0. The van der Waals surface area contributed by atoms with Crippen LogP contribution in [0.4, 0.5) is 5.82 Å². The van der Waals surface area contributed by atoms with Crippen LogP contribution in [0, 0.1) is 0 Å². The largest absolute Gasteiger partial charge is 0.309 e. The van der Waals surface area contributed by atoms with Gasteiger partial charge in [-0.15, -0.1) is 0 Å². The molecule has 0 aliphatic carbocycles. The van der Waals surface area contributed by atoms with Crippen LogP contribution in [0.2, 0.25) is 0 Å². The molecule has 0 spiro atoms. The summed E-state index contributed by atoms with van der Waals surface area (Å²) in [6, 6.07) is 47.8. The minimum atomic E-state index is 0.850. The zero-order valence-electron chi connectivity index (χ0n) is 23.9. The molecule has 8 rings (SSSR count). The summed E-state index contributed by atoms with van der Waals surface area (Å²) in [6.45, 7) is 6.00. The fourth-order valence-electron chi connectivity index (χ4n) is 6.65. The van der Waals surface area contributed by atoms with Gasteiger partial charge >= 0.3 is 0 Å². The number of fused-ring (bicyclic) bond motifs is 5. The second-order valence-corrected chi connectivity index (χ2v) is 10.9. The molecule has 0 aliphatic heterocycles. The first kappa shape index (κ1) is 25.1. The molecule has 0 bridgehead atoms. The van der Waals surface area contributed by atoms with E-state index in [9.17, 15) is 0 Å². The molecule has 0 N–H and O–H groups in total. The Labute approximate surface area is 250 Å². The number of nitrogens with zero attached hydrogens (tertiary/aromatic N) is 3. The van der Waals surface area contributed by atoms with Gasteiger partial charge in [0.1, 0.15) is 5.82 Å². The Morgan fingerprint density at radius 3 is 2.16 bits per heavy atom. The van der Waals surface area contributed by atoms with Crippen molar-refractivity contribution in [2.45, 2.75) is 6.92 Å². The Balaban J connectivity index is 1.41. The van der Waals surface area contributed by atoms with Gasteiger partial charge in [0, 0.05) is 33.1 Å². The maximum Gasteiger partial charge on any atom is 0.144 e. The number of benzene rings is 6. The smallest absolute Gasteiger partial charge is 0.144 e. The third-order valence-corrected chi connectivity index (χ3v) is 8.48. The maximum absolute atomic E-state index is 4.51. The van der Waals surface area contributed by atoms with Crippen LogP contribution in [0.25, 0.3) is 72.1 Å². The number of rotatable bonds is 5. The Hall–Kier alpha value is -5.67. The average Bonchev–Trinajstić information content (AvgIpc) is 3.57. The van der Waals surface area contributed by atoms with Crippen LogP contribution in [-0.2, 0) is 0 Å². The molecule has 0 fully saturated rings. The van der Waals surface area contributed by atoms with E-state index in [2.05, 4.69) is 160 Å². The first-order chi connectivity index (χ1) is 21.3. The first-order valence-corrected chi connectivity index (χ1v) is 14.6. The van der Waals surface area contributed by atoms with Gasteiger partial charge in [-0.2, -0.15) is 0 Å². The third kappa shape index (κ3) is 3.86. The summed E-state index contributed by atoms with van der Waals surface area (Å²) < 4.78 is 4.60. The van der Waals surface area contributed by atoms with Crippen molar-refractivity contribution in [1.82, 2.24) is 9.13 Å². The SMILES string of the molecule is C=Nc1c(/C=C\C)c2cc(-c3cccc4c3c3ccccc3n4-c3ccc4ccccc4c3)ccc2n1-c1ccccc1. The van der Waals surface area contributed by atoms with E-state index in [-0.39, 0.29) is 0 Å². The van der Waals surface area contributed by atoms with E-state index in [1.54, 1.807) is 0 Å². The van der Waals surface area contributed by atoms with Crippen LogP contribution in [0.5, 0.6) is 0 Å². The van der Waals surface area contributed by atoms with Crippen molar-refractivity contribution in [2.24, 2.45) is 4.99 Å². The zero-order valence-corrected chi connectivity index (χ0v) is 23.9. The second kappa shape index (κ2) is 10.0. The van der Waals surface area contributed by atoms with Gasteiger partial charge in [0.05, 0.1) is 16.6 Å². The summed E-state index contributed by atoms with van der Waals surface area (Å²) in [5, 5.41) is 6.12. The molecule has 2 heterocycles. The van der Waals surface area contributed by atoms with Crippen molar-refractivity contribution < 1.29 is 0 Å². The molecule has 2 aromatic heterocycles. The first-order valence-electron chi connectivity index (χ1n) is 14.6. The van der Waals surface area contributed by atoms with Crippen molar-refractivity contribution in [3.05, 3.63) is 145 Å². The standard InChI is InChI=1S/C40H29N3/c1-3-12-33-35-26-29(22-24-37(35)43(40(33)41-2)30-15-5-4-6-16-30)32-18-11-20-38-39(32)34-17-9-10-19-36(34)42(38)31-23-21-27-13-7-8-14-28(27)25-31/h3-26H,2H2,1H3/b12-3-. The van der Waals surface area contributed by atoms with Crippen LogP contribution in [0.1, 0.15) is 12.5 Å². The van der Waals surface area contributed by atoms with Crippen LogP contribution in [0.3, 0.4) is 0 Å². The molecule has 0 aliphatic rings. The maximum atomic E-state index is 4.51. The summed E-state index contributed by atoms with van der Waals surface area (Å²) in [5.74, 6) is 0.850. The second-order valence-electron chi connectivity index (χ2n) is 10.9. The Bertz CT molecular complexity index is 2370. The van der Waals surface area contributed by atoms with Crippen LogP contribution in [0.15, 0.2) is 145 Å². The molecule has 43 heavy (non-hydrogen) atoms. The molecule has 3 nitrogen and oxygen atoms in total. The lowest BCUT2D eigenvalue weighted by atomic mass is 9.97. The van der Waals surface area contributed by atoms with Gasteiger partial charge in [0.25, 0.3) is 0 Å². The van der Waals surface area contributed by atoms with E-state index in [4.69, 9.17) is 0 Å². The van der Waals surface area contributed by atoms with Crippen molar-refractivity contribution in [1.29, 1.82) is 0 Å². The predicted octanol–water partition coefficient (Wildman–Crippen LogP) is 10.9. The van der Waals surface area contributed by atoms with E-state index < -0.39 is 0 Å². The zero-order chi connectivity index (χ0) is 28.9. The van der Waals surface area contributed by atoms with Gasteiger partial charge < -0.3 is 4.57 Å². The molecular formula is C40H29N3. The lowest BCUT2D eigenvalue weighted by molar-refractivity contribution is 1.11. The summed E-state index contributed by atoms with van der Waals surface area (Å²) >= 11 is 0. The fourth-order valence-corrected chi connectivity index (χ4v) is 6.65. The van der Waals surface area contributed by atoms with Crippen molar-refractivity contribution in [3.63, 3.8) is 0 Å². The van der Waals surface area contributed by atoms with Crippen molar-refractivity contribution in [3.8, 4) is 22.5 Å². The summed E-state index contributed by atoms with van der Waals surface area (Å²) in [4.78, 5) is 4.51. The van der Waals surface area contributed by atoms with Gasteiger partial charge in [0.15, 0.2) is 0 Å². The number of aliphatic imine (C=N–C) groups is 1. The van der Waals surface area contributed by atoms with Crippen molar-refractivity contribution >= 4 is 62.1 Å². The van der Waals surface area contributed by atoms with Crippen LogP contribution in [-0.4, -0.2) is 15.9 Å². The monoisotopic (exact) mass is 551 g/mol. The Morgan fingerprint density at radius 1 is 0.581 bits per heavy atom. The van der Waals surface area contributed by atoms with Crippen LogP contribution >= 0.6 is 0 Å². The van der Waals surface area contributed by atoms with Crippen molar-refractivity contribution in [2.75, 3.05) is 0 Å². The minimum Gasteiger partial charge on any atom is -0.309 e. The Morgan fingerprint density at radius 2 is 1.33 bits per heavy atom. The highest BCUT2D eigenvalue weighted by atomic mass is 15.1. The lowest BCUT2D eigenvalue weighted by Crippen LogP contribution is -1.94. The summed E-state index contributed by atoms with van der Waals surface area (Å²) in [7, 11) is 0. The Kier molecular flexibility index (Phi) is 5.83. The highest BCUT2D eigenvalue weighted by Gasteiger charge is 2.19. The number of hydrogen-bond acceptors (Lipinski definition) is 1. The van der Waals surface area contributed by atoms with E-state index in [0.29, 0.717) is 0 Å². The van der Waals surface area contributed by atoms with E-state index in [1.807, 2.05) is 13.0 Å². The molecule has 204 valence electrons. The number of allylic oxidation sites excluding steroid dienone is 1. The molecule has 8 aromatic rings. The molecule has 6 aromatic carbocycles. The average molecular weight is 552 g/mol. The summed E-state index contributed by atoms with van der Waals surface area (Å²) in [6.07, 6.45) is 4.21. The molecule has 0 unspecified atom stereocenters. The highest BCUT2D eigenvalue weighted by molar-refractivity contribution is 6.16. The van der Waals surface area contributed by atoms with E-state index in [0.717, 1.165) is 33.7 Å². The molecule has 3 heteroatoms. The number of aromatic nitrogens is 2. The normalized spacial score (nSPS) is 11.8. The fraction of sp³-hybridized carbons (Fsp3) is 0.0250.